The molecule has 1 aliphatic rings. The largest absolute Gasteiger partial charge is 0.458 e. The van der Waals surface area contributed by atoms with Crippen molar-refractivity contribution in [3.63, 3.8) is 0 Å². The maximum atomic E-state index is 13.5. The van der Waals surface area contributed by atoms with Gasteiger partial charge in [-0.2, -0.15) is 0 Å². The number of hydrogen-bond acceptors (Lipinski definition) is 2. The van der Waals surface area contributed by atoms with Crippen molar-refractivity contribution in [1.29, 1.82) is 0 Å². The second-order valence-electron chi connectivity index (χ2n) is 4.51. The molecule has 2 nitrogen and oxygen atoms in total. The number of nitrogens with two attached hydrogens (primary N) is 1. The molecule has 1 aromatic heterocycles. The van der Waals surface area contributed by atoms with Crippen LogP contribution in [0.15, 0.2) is 28.7 Å². The Morgan fingerprint density at radius 3 is 2.88 bits per heavy atom. The van der Waals surface area contributed by atoms with Crippen LogP contribution in [0.25, 0.3) is 11.0 Å². The first-order valence-corrected chi connectivity index (χ1v) is 5.69. The minimum atomic E-state index is -0.296. The molecule has 0 aliphatic heterocycles. The van der Waals surface area contributed by atoms with Crippen molar-refractivity contribution in [2.24, 2.45) is 5.73 Å². The monoisotopic (exact) mass is 219 g/mol. The van der Waals surface area contributed by atoms with Crippen LogP contribution in [-0.2, 0) is 0 Å². The van der Waals surface area contributed by atoms with Gasteiger partial charge in [-0.15, -0.1) is 0 Å². The van der Waals surface area contributed by atoms with E-state index in [2.05, 4.69) is 0 Å². The Hall–Kier alpha value is -1.35. The van der Waals surface area contributed by atoms with E-state index >= 15 is 0 Å². The molecule has 1 heterocycles. The van der Waals surface area contributed by atoms with E-state index in [0.29, 0.717) is 5.58 Å². The van der Waals surface area contributed by atoms with Crippen molar-refractivity contribution in [1.82, 2.24) is 0 Å². The molecule has 2 unspecified atom stereocenters. The van der Waals surface area contributed by atoms with Crippen LogP contribution in [0.1, 0.15) is 30.9 Å². The van der Waals surface area contributed by atoms with Crippen molar-refractivity contribution in [3.8, 4) is 0 Å². The summed E-state index contributed by atoms with van der Waals surface area (Å²) in [5.74, 6) is 0.798. The van der Waals surface area contributed by atoms with E-state index in [9.17, 15) is 4.39 Å². The van der Waals surface area contributed by atoms with Gasteiger partial charge in [0.1, 0.15) is 5.76 Å². The van der Waals surface area contributed by atoms with E-state index in [1.54, 1.807) is 6.07 Å². The number of benzene rings is 1. The summed E-state index contributed by atoms with van der Waals surface area (Å²) >= 11 is 0. The number of para-hydroxylation sites is 1. The van der Waals surface area contributed by atoms with E-state index in [4.69, 9.17) is 10.2 Å². The van der Waals surface area contributed by atoms with Gasteiger partial charge in [0.15, 0.2) is 11.4 Å². The number of hydrogen-bond donors (Lipinski definition) is 1. The van der Waals surface area contributed by atoms with Crippen LogP contribution in [0.2, 0.25) is 0 Å². The van der Waals surface area contributed by atoms with E-state index < -0.39 is 0 Å². The molecule has 84 valence electrons. The molecule has 1 saturated carbocycles. The molecule has 1 aliphatic carbocycles. The quantitative estimate of drug-likeness (QED) is 0.800. The lowest BCUT2D eigenvalue weighted by molar-refractivity contribution is 0.456. The van der Waals surface area contributed by atoms with E-state index in [1.807, 2.05) is 12.1 Å². The van der Waals surface area contributed by atoms with Crippen LogP contribution in [0.3, 0.4) is 0 Å². The predicted molar refractivity (Wildman–Crippen MR) is 60.7 cm³/mol. The Morgan fingerprint density at radius 2 is 2.19 bits per heavy atom. The SMILES string of the molecule is NC1CCCC1c1cc2cccc(F)c2o1. The number of rotatable bonds is 1. The van der Waals surface area contributed by atoms with Gasteiger partial charge in [0.2, 0.25) is 0 Å². The molecular weight excluding hydrogens is 205 g/mol. The molecule has 0 saturated heterocycles. The average Bonchev–Trinajstić information content (AvgIpc) is 2.84. The molecule has 1 aromatic carbocycles. The molecule has 3 rings (SSSR count). The van der Waals surface area contributed by atoms with Crippen molar-refractivity contribution in [3.05, 3.63) is 35.8 Å². The normalized spacial score (nSPS) is 25.4. The van der Waals surface area contributed by atoms with Crippen LogP contribution in [-0.4, -0.2) is 6.04 Å². The van der Waals surface area contributed by atoms with Gasteiger partial charge in [-0.1, -0.05) is 18.6 Å². The maximum absolute atomic E-state index is 13.5. The molecule has 0 radical (unpaired) electrons. The zero-order valence-corrected chi connectivity index (χ0v) is 8.95. The smallest absolute Gasteiger partial charge is 0.169 e. The Morgan fingerprint density at radius 1 is 1.31 bits per heavy atom. The Balaban J connectivity index is 2.08. The van der Waals surface area contributed by atoms with Crippen LogP contribution < -0.4 is 5.73 Å². The van der Waals surface area contributed by atoms with Gasteiger partial charge in [0, 0.05) is 17.3 Å². The lowest BCUT2D eigenvalue weighted by Gasteiger charge is -2.11. The first-order valence-electron chi connectivity index (χ1n) is 5.69. The van der Waals surface area contributed by atoms with Gasteiger partial charge >= 0.3 is 0 Å². The first-order chi connectivity index (χ1) is 7.75. The van der Waals surface area contributed by atoms with Crippen molar-refractivity contribution >= 4 is 11.0 Å². The Kier molecular flexibility index (Phi) is 2.21. The summed E-state index contributed by atoms with van der Waals surface area (Å²) in [6.07, 6.45) is 3.21. The highest BCUT2D eigenvalue weighted by Gasteiger charge is 2.28. The summed E-state index contributed by atoms with van der Waals surface area (Å²) in [7, 11) is 0. The summed E-state index contributed by atoms with van der Waals surface area (Å²) in [6.45, 7) is 0. The van der Waals surface area contributed by atoms with E-state index in [-0.39, 0.29) is 17.8 Å². The summed E-state index contributed by atoms with van der Waals surface area (Å²) in [6, 6.07) is 7.07. The fraction of sp³-hybridized carbons (Fsp3) is 0.385. The predicted octanol–water partition coefficient (Wildman–Crippen LogP) is 3.17. The molecule has 2 N–H and O–H groups in total. The molecule has 0 bridgehead atoms. The lowest BCUT2D eigenvalue weighted by Crippen LogP contribution is -2.22. The van der Waals surface area contributed by atoms with Gasteiger partial charge in [0.25, 0.3) is 0 Å². The van der Waals surface area contributed by atoms with Crippen molar-refractivity contribution in [2.75, 3.05) is 0 Å². The highest BCUT2D eigenvalue weighted by atomic mass is 19.1. The second-order valence-corrected chi connectivity index (χ2v) is 4.51. The molecule has 0 amide bonds. The van der Waals surface area contributed by atoms with Gasteiger partial charge < -0.3 is 10.2 Å². The van der Waals surface area contributed by atoms with Crippen LogP contribution in [0.5, 0.6) is 0 Å². The summed E-state index contributed by atoms with van der Waals surface area (Å²) in [5, 5.41) is 0.828. The Labute approximate surface area is 93.2 Å². The Bertz CT molecular complexity index is 520. The fourth-order valence-electron chi connectivity index (χ4n) is 2.57. The third-order valence-corrected chi connectivity index (χ3v) is 3.45. The second kappa shape index (κ2) is 3.59. The topological polar surface area (TPSA) is 39.2 Å². The van der Waals surface area contributed by atoms with E-state index in [1.165, 1.54) is 6.07 Å². The van der Waals surface area contributed by atoms with Crippen LogP contribution in [0, 0.1) is 5.82 Å². The molecular formula is C13H14FNO. The first kappa shape index (κ1) is 9.85. The lowest BCUT2D eigenvalue weighted by atomic mass is 10.0. The molecule has 1 fully saturated rings. The molecule has 3 heteroatoms. The molecule has 2 aromatic rings. The number of fused-ring (bicyclic) bond motifs is 1. The molecule has 0 spiro atoms. The van der Waals surface area contributed by atoms with Crippen molar-refractivity contribution < 1.29 is 8.81 Å². The summed E-state index contributed by atoms with van der Waals surface area (Å²) < 4.78 is 19.1. The molecule has 2 atom stereocenters. The standard InChI is InChI=1S/C13H14FNO/c14-10-5-1-3-8-7-12(16-13(8)10)9-4-2-6-11(9)15/h1,3,5,7,9,11H,2,4,6,15H2. The highest BCUT2D eigenvalue weighted by Crippen LogP contribution is 2.36. The minimum Gasteiger partial charge on any atom is -0.458 e. The van der Waals surface area contributed by atoms with Gasteiger partial charge in [-0.3, -0.25) is 0 Å². The zero-order valence-electron chi connectivity index (χ0n) is 8.95. The van der Waals surface area contributed by atoms with Crippen LogP contribution in [0.4, 0.5) is 4.39 Å². The third kappa shape index (κ3) is 1.43. The fourth-order valence-corrected chi connectivity index (χ4v) is 2.57. The highest BCUT2D eigenvalue weighted by molar-refractivity contribution is 5.78. The minimum absolute atomic E-state index is 0.156. The molecule has 16 heavy (non-hydrogen) atoms. The zero-order chi connectivity index (χ0) is 11.1. The van der Waals surface area contributed by atoms with Crippen molar-refractivity contribution in [2.45, 2.75) is 31.2 Å². The third-order valence-electron chi connectivity index (χ3n) is 3.45. The summed E-state index contributed by atoms with van der Waals surface area (Å²) in [5.41, 5.74) is 6.38. The van der Waals surface area contributed by atoms with Gasteiger partial charge in [-0.05, 0) is 25.0 Å². The number of furan rings is 1. The summed E-state index contributed by atoms with van der Waals surface area (Å²) in [4.78, 5) is 0. The van der Waals surface area contributed by atoms with Crippen LogP contribution >= 0.6 is 0 Å². The van der Waals surface area contributed by atoms with Gasteiger partial charge in [-0.25, -0.2) is 4.39 Å². The average molecular weight is 219 g/mol. The van der Waals surface area contributed by atoms with Gasteiger partial charge in [0.05, 0.1) is 0 Å². The maximum Gasteiger partial charge on any atom is 0.169 e. The number of halogens is 1. The van der Waals surface area contributed by atoms with E-state index in [0.717, 1.165) is 30.4 Å².